The monoisotopic (exact) mass is 699 g/mol. The van der Waals surface area contributed by atoms with E-state index in [1.807, 2.05) is 6.07 Å². The quantitative estimate of drug-likeness (QED) is 0.132. The highest BCUT2D eigenvalue weighted by Crippen LogP contribution is 2.41. The van der Waals surface area contributed by atoms with E-state index in [-0.39, 0.29) is 0 Å². The Labute approximate surface area is 318 Å². The summed E-state index contributed by atoms with van der Waals surface area (Å²) in [7, 11) is 0. The van der Waals surface area contributed by atoms with E-state index in [0.717, 1.165) is 39.3 Å². The van der Waals surface area contributed by atoms with Crippen LogP contribution >= 0.6 is 0 Å². The van der Waals surface area contributed by atoms with Crippen LogP contribution in [0.5, 0.6) is 0 Å². The van der Waals surface area contributed by atoms with Crippen molar-refractivity contribution in [1.82, 2.24) is 14.5 Å². The van der Waals surface area contributed by atoms with Crippen LogP contribution in [0.1, 0.15) is 0 Å². The number of hydrogen-bond donors (Lipinski definition) is 0. The lowest BCUT2D eigenvalue weighted by Gasteiger charge is -2.15. The summed E-state index contributed by atoms with van der Waals surface area (Å²) in [5, 5.41) is 9.87. The van der Waals surface area contributed by atoms with E-state index in [4.69, 9.17) is 9.97 Å². The van der Waals surface area contributed by atoms with E-state index in [1.54, 1.807) is 0 Å². The van der Waals surface area contributed by atoms with E-state index >= 15 is 0 Å². The Morgan fingerprint density at radius 1 is 0.345 bits per heavy atom. The third-order valence-electron chi connectivity index (χ3n) is 11.0. The van der Waals surface area contributed by atoms with Gasteiger partial charge in [0.25, 0.3) is 0 Å². The fourth-order valence-corrected chi connectivity index (χ4v) is 8.48. The zero-order valence-corrected chi connectivity index (χ0v) is 29.9. The van der Waals surface area contributed by atoms with Gasteiger partial charge in [0, 0.05) is 33.2 Å². The van der Waals surface area contributed by atoms with E-state index < -0.39 is 0 Å². The number of nitrogens with zero attached hydrogens (tertiary/aromatic N) is 3. The van der Waals surface area contributed by atoms with Crippen LogP contribution in [0.4, 0.5) is 0 Å². The minimum Gasteiger partial charge on any atom is -0.309 e. The van der Waals surface area contributed by atoms with Crippen LogP contribution in [-0.2, 0) is 0 Å². The van der Waals surface area contributed by atoms with Crippen LogP contribution in [0.25, 0.3) is 105 Å². The van der Waals surface area contributed by atoms with Gasteiger partial charge >= 0.3 is 0 Å². The molecular formula is C52H33N3. The Balaban J connectivity index is 1.11. The Morgan fingerprint density at radius 2 is 0.982 bits per heavy atom. The average Bonchev–Trinajstić information content (AvgIpc) is 3.61. The molecule has 0 aliphatic rings. The summed E-state index contributed by atoms with van der Waals surface area (Å²) < 4.78 is 2.35. The first-order chi connectivity index (χ1) is 27.3. The summed E-state index contributed by atoms with van der Waals surface area (Å²) in [4.78, 5) is 10.6. The zero-order valence-electron chi connectivity index (χ0n) is 29.9. The standard InChI is InChI=1S/C52H33N3/c1-3-15-35(16-4-1)46-33-47(43-23-13-25-49-51(43)44-22-11-12-24-48(44)55(49)39-18-5-2-6-19-39)54-52(53-46)37-28-26-36(27-29-37)50-41-21-10-8-17-38(41)32-45-40-20-9-7-14-34(40)30-31-42(45)50/h1-33H. The van der Waals surface area contributed by atoms with Crippen LogP contribution in [0.3, 0.4) is 0 Å². The lowest BCUT2D eigenvalue weighted by molar-refractivity contribution is 1.18. The van der Waals surface area contributed by atoms with Crippen molar-refractivity contribution in [2.24, 2.45) is 0 Å². The highest BCUT2D eigenvalue weighted by molar-refractivity contribution is 6.20. The molecular weight excluding hydrogens is 667 g/mol. The molecule has 0 spiro atoms. The summed E-state index contributed by atoms with van der Waals surface area (Å²) in [5.74, 6) is 0.695. The Morgan fingerprint density at radius 3 is 1.80 bits per heavy atom. The summed E-state index contributed by atoms with van der Waals surface area (Å²) in [6, 6.07) is 71.4. The summed E-state index contributed by atoms with van der Waals surface area (Å²) >= 11 is 0. The number of hydrogen-bond acceptors (Lipinski definition) is 2. The molecule has 0 aliphatic heterocycles. The predicted octanol–water partition coefficient (Wildman–Crippen LogP) is 13.7. The average molecular weight is 700 g/mol. The maximum atomic E-state index is 5.35. The molecule has 2 heterocycles. The van der Waals surface area contributed by atoms with Crippen LogP contribution < -0.4 is 0 Å². The second-order valence-electron chi connectivity index (χ2n) is 14.1. The van der Waals surface area contributed by atoms with Gasteiger partial charge in [-0.2, -0.15) is 0 Å². The number of para-hydroxylation sites is 2. The third kappa shape index (κ3) is 5.13. The molecule has 0 saturated carbocycles. The van der Waals surface area contributed by atoms with Gasteiger partial charge in [0.1, 0.15) is 0 Å². The maximum Gasteiger partial charge on any atom is 0.160 e. The molecule has 256 valence electrons. The van der Waals surface area contributed by atoms with Gasteiger partial charge in [-0.1, -0.05) is 164 Å². The zero-order chi connectivity index (χ0) is 36.3. The molecule has 11 aromatic rings. The first-order valence-electron chi connectivity index (χ1n) is 18.7. The molecule has 3 nitrogen and oxygen atoms in total. The Kier molecular flexibility index (Phi) is 7.17. The minimum absolute atomic E-state index is 0.695. The van der Waals surface area contributed by atoms with Crippen LogP contribution in [0, 0.1) is 0 Å². The molecule has 55 heavy (non-hydrogen) atoms. The maximum absolute atomic E-state index is 5.35. The Hall–Kier alpha value is -7.36. The number of benzene rings is 9. The van der Waals surface area contributed by atoms with Crippen molar-refractivity contribution in [2.75, 3.05) is 0 Å². The third-order valence-corrected chi connectivity index (χ3v) is 11.0. The minimum atomic E-state index is 0.695. The van der Waals surface area contributed by atoms with Gasteiger partial charge in [0.15, 0.2) is 5.82 Å². The van der Waals surface area contributed by atoms with Crippen molar-refractivity contribution in [3.05, 3.63) is 200 Å². The number of fused-ring (bicyclic) bond motifs is 7. The van der Waals surface area contributed by atoms with Gasteiger partial charge in [-0.15, -0.1) is 0 Å². The topological polar surface area (TPSA) is 30.7 Å². The molecule has 0 fully saturated rings. The van der Waals surface area contributed by atoms with Gasteiger partial charge in [0.2, 0.25) is 0 Å². The normalized spacial score (nSPS) is 11.6. The summed E-state index contributed by atoms with van der Waals surface area (Å²) in [6.45, 7) is 0. The van der Waals surface area contributed by atoms with Gasteiger partial charge in [-0.25, -0.2) is 9.97 Å². The van der Waals surface area contributed by atoms with E-state index in [2.05, 4.69) is 199 Å². The first-order valence-corrected chi connectivity index (χ1v) is 18.7. The number of aromatic nitrogens is 3. The van der Waals surface area contributed by atoms with Crippen molar-refractivity contribution in [2.45, 2.75) is 0 Å². The smallest absolute Gasteiger partial charge is 0.160 e. The molecule has 0 bridgehead atoms. The van der Waals surface area contributed by atoms with Crippen LogP contribution in [0.2, 0.25) is 0 Å². The largest absolute Gasteiger partial charge is 0.309 e. The van der Waals surface area contributed by atoms with Crippen LogP contribution in [-0.4, -0.2) is 14.5 Å². The van der Waals surface area contributed by atoms with E-state index in [1.165, 1.54) is 59.7 Å². The SMILES string of the molecule is c1ccc(-c2cc(-c3cccc4c3c3ccccc3n4-c3ccccc3)nc(-c3ccc(-c4c5ccccc5cc5c4ccc4ccccc45)cc3)n2)cc1. The summed E-state index contributed by atoms with van der Waals surface area (Å²) in [6.07, 6.45) is 0. The van der Waals surface area contributed by atoms with E-state index in [9.17, 15) is 0 Å². The number of rotatable bonds is 5. The van der Waals surface area contributed by atoms with Crippen molar-refractivity contribution in [1.29, 1.82) is 0 Å². The molecule has 3 heteroatoms. The van der Waals surface area contributed by atoms with Crippen molar-refractivity contribution >= 4 is 54.1 Å². The van der Waals surface area contributed by atoms with Crippen LogP contribution in [0.15, 0.2) is 200 Å². The second-order valence-corrected chi connectivity index (χ2v) is 14.1. The van der Waals surface area contributed by atoms with Crippen molar-refractivity contribution < 1.29 is 0 Å². The Bertz CT molecular complexity index is 3230. The van der Waals surface area contributed by atoms with Gasteiger partial charge in [-0.3, -0.25) is 0 Å². The fraction of sp³-hybridized carbons (Fsp3) is 0. The highest BCUT2D eigenvalue weighted by atomic mass is 15.0. The molecule has 0 atom stereocenters. The van der Waals surface area contributed by atoms with Crippen molar-refractivity contribution in [3.8, 4) is 50.7 Å². The molecule has 0 radical (unpaired) electrons. The molecule has 0 unspecified atom stereocenters. The van der Waals surface area contributed by atoms with Crippen molar-refractivity contribution in [3.63, 3.8) is 0 Å². The molecule has 0 saturated heterocycles. The molecule has 0 amide bonds. The molecule has 2 aromatic heterocycles. The predicted molar refractivity (Wildman–Crippen MR) is 231 cm³/mol. The molecule has 9 aromatic carbocycles. The lowest BCUT2D eigenvalue weighted by Crippen LogP contribution is -1.97. The van der Waals surface area contributed by atoms with E-state index in [0.29, 0.717) is 5.82 Å². The highest BCUT2D eigenvalue weighted by Gasteiger charge is 2.19. The molecule has 11 rings (SSSR count). The fourth-order valence-electron chi connectivity index (χ4n) is 8.48. The van der Waals surface area contributed by atoms with Gasteiger partial charge in [0.05, 0.1) is 22.4 Å². The van der Waals surface area contributed by atoms with Gasteiger partial charge < -0.3 is 4.57 Å². The second kappa shape index (κ2) is 12.6. The molecule has 0 aliphatic carbocycles. The first kappa shape index (κ1) is 31.2. The summed E-state index contributed by atoms with van der Waals surface area (Å²) in [5.41, 5.74) is 10.7. The lowest BCUT2D eigenvalue weighted by atomic mass is 9.89. The molecule has 0 N–H and O–H groups in total. The van der Waals surface area contributed by atoms with Gasteiger partial charge in [-0.05, 0) is 79.8 Å².